The molecule has 0 fully saturated rings. The highest BCUT2D eigenvalue weighted by molar-refractivity contribution is 8.03. The molecule has 3 aliphatic rings. The monoisotopic (exact) mass is 372 g/mol. The number of thioether (sulfide) groups is 1. The van der Waals surface area contributed by atoms with Gasteiger partial charge in [-0.15, -0.1) is 11.8 Å². The summed E-state index contributed by atoms with van der Waals surface area (Å²) in [6.07, 6.45) is 4.54. The molecule has 134 valence electrons. The summed E-state index contributed by atoms with van der Waals surface area (Å²) in [5.74, 6) is 1.55. The Hall–Kier alpha value is -2.45. The molecule has 0 saturated carbocycles. The zero-order valence-electron chi connectivity index (χ0n) is 14.6. The first kappa shape index (κ1) is 17.0. The van der Waals surface area contributed by atoms with Crippen molar-refractivity contribution < 1.29 is 14.1 Å². The summed E-state index contributed by atoms with van der Waals surface area (Å²) in [7, 11) is 3.67. The van der Waals surface area contributed by atoms with Gasteiger partial charge in [0.2, 0.25) is 0 Å². The Labute approximate surface area is 155 Å². The number of amidine groups is 1. The molecular formula is C18H19FN5OS+. The first-order valence-electron chi connectivity index (χ1n) is 8.32. The zero-order chi connectivity index (χ0) is 18.3. The van der Waals surface area contributed by atoms with Crippen molar-refractivity contribution >= 4 is 29.7 Å². The van der Waals surface area contributed by atoms with Crippen LogP contribution in [-0.4, -0.2) is 59.0 Å². The molecule has 3 heterocycles. The van der Waals surface area contributed by atoms with Crippen LogP contribution in [0.2, 0.25) is 0 Å². The SMILES string of the molecule is CN1CCSC2=C3N=C(C=C[N+]3(F)N=C2)N(C)Cc2ccccc2C1=O. The van der Waals surface area contributed by atoms with Crippen molar-refractivity contribution in [2.75, 3.05) is 26.4 Å². The first-order chi connectivity index (χ1) is 12.5. The van der Waals surface area contributed by atoms with Crippen LogP contribution in [0.4, 0.5) is 4.48 Å². The second kappa shape index (κ2) is 6.37. The Morgan fingerprint density at radius 1 is 1.23 bits per heavy atom. The van der Waals surface area contributed by atoms with Gasteiger partial charge in [-0.2, -0.15) is 4.99 Å². The smallest absolute Gasteiger partial charge is 0.317 e. The van der Waals surface area contributed by atoms with Crippen molar-refractivity contribution in [1.29, 1.82) is 0 Å². The second-order valence-corrected chi connectivity index (χ2v) is 7.55. The van der Waals surface area contributed by atoms with E-state index in [0.29, 0.717) is 35.1 Å². The summed E-state index contributed by atoms with van der Waals surface area (Å²) < 4.78 is 14.9. The van der Waals surface area contributed by atoms with E-state index in [9.17, 15) is 9.28 Å². The van der Waals surface area contributed by atoms with Crippen molar-refractivity contribution in [2.24, 2.45) is 10.1 Å². The highest BCUT2D eigenvalue weighted by Gasteiger charge is 2.43. The lowest BCUT2D eigenvalue weighted by molar-refractivity contribution is -0.987. The van der Waals surface area contributed by atoms with Crippen LogP contribution >= 0.6 is 11.8 Å². The molecule has 1 amide bonds. The fourth-order valence-corrected chi connectivity index (χ4v) is 4.08. The number of carbonyl (C=O) groups is 1. The lowest BCUT2D eigenvalue weighted by atomic mass is 10.1. The summed E-state index contributed by atoms with van der Waals surface area (Å²) in [5, 5.41) is 3.93. The first-order valence-corrected chi connectivity index (χ1v) is 9.30. The molecule has 0 aromatic heterocycles. The maximum atomic E-state index is 14.9. The number of hydrogen-bond donors (Lipinski definition) is 0. The molecule has 0 radical (unpaired) electrons. The molecule has 4 rings (SSSR count). The largest absolute Gasteiger partial charge is 0.355 e. The number of quaternary nitrogens is 1. The lowest BCUT2D eigenvalue weighted by Crippen LogP contribution is -2.33. The average molecular weight is 372 g/mol. The van der Waals surface area contributed by atoms with Gasteiger partial charge in [0.25, 0.3) is 5.91 Å². The Bertz CT molecular complexity index is 893. The third-order valence-corrected chi connectivity index (χ3v) is 5.57. The molecule has 6 nitrogen and oxygen atoms in total. The fourth-order valence-electron chi connectivity index (χ4n) is 3.07. The molecule has 0 saturated heterocycles. The number of halogens is 1. The Kier molecular flexibility index (Phi) is 4.16. The Morgan fingerprint density at radius 3 is 2.88 bits per heavy atom. The van der Waals surface area contributed by atoms with Gasteiger partial charge in [-0.3, -0.25) is 4.79 Å². The Balaban J connectivity index is 1.77. The lowest BCUT2D eigenvalue weighted by Gasteiger charge is -2.24. The van der Waals surface area contributed by atoms with Gasteiger partial charge in [-0.05, 0) is 16.7 Å². The molecule has 3 aliphatic heterocycles. The van der Waals surface area contributed by atoms with E-state index in [0.717, 1.165) is 5.56 Å². The number of likely N-dealkylation sites (N-methyl/N-ethyl adjacent to an activating group) is 1. The van der Waals surface area contributed by atoms with Crippen LogP contribution in [0.1, 0.15) is 15.9 Å². The van der Waals surface area contributed by atoms with E-state index in [1.807, 2.05) is 36.2 Å². The minimum absolute atomic E-state index is 0.0114. The number of fused-ring (bicyclic) bond motifs is 1. The van der Waals surface area contributed by atoms with Crippen molar-refractivity contribution in [3.8, 4) is 0 Å². The number of nitrogens with zero attached hydrogens (tertiary/aromatic N) is 5. The topological polar surface area (TPSA) is 48.3 Å². The van der Waals surface area contributed by atoms with E-state index in [1.165, 1.54) is 24.2 Å². The zero-order valence-corrected chi connectivity index (χ0v) is 15.4. The van der Waals surface area contributed by atoms with E-state index >= 15 is 0 Å². The maximum Gasteiger partial charge on any atom is 0.317 e. The van der Waals surface area contributed by atoms with Gasteiger partial charge in [-0.25, -0.2) is 0 Å². The van der Waals surface area contributed by atoms with Gasteiger partial charge >= 0.3 is 5.82 Å². The highest BCUT2D eigenvalue weighted by Crippen LogP contribution is 2.37. The predicted octanol–water partition coefficient (Wildman–Crippen LogP) is 2.73. The average Bonchev–Trinajstić information content (AvgIpc) is 2.97. The minimum Gasteiger partial charge on any atom is -0.355 e. The van der Waals surface area contributed by atoms with Gasteiger partial charge in [-0.1, -0.05) is 18.2 Å². The molecule has 26 heavy (non-hydrogen) atoms. The van der Waals surface area contributed by atoms with Gasteiger partial charge in [0.05, 0.1) is 4.81 Å². The molecule has 1 aromatic rings. The number of carbonyl (C=O) groups excluding carboxylic acids is 1. The molecule has 2 bridgehead atoms. The number of rotatable bonds is 0. The number of benzene rings is 1. The van der Waals surface area contributed by atoms with E-state index < -0.39 is 4.81 Å². The van der Waals surface area contributed by atoms with Crippen LogP contribution in [0, 0.1) is 0 Å². The van der Waals surface area contributed by atoms with E-state index in [-0.39, 0.29) is 11.7 Å². The summed E-state index contributed by atoms with van der Waals surface area (Å²) >= 11 is 1.46. The summed E-state index contributed by atoms with van der Waals surface area (Å²) in [4.78, 5) is 20.5. The second-order valence-electron chi connectivity index (χ2n) is 6.41. The minimum atomic E-state index is -1.15. The van der Waals surface area contributed by atoms with Crippen LogP contribution in [0.15, 0.2) is 57.4 Å². The quantitative estimate of drug-likeness (QED) is 0.658. The molecular weight excluding hydrogens is 353 g/mol. The van der Waals surface area contributed by atoms with Crippen LogP contribution in [0.3, 0.4) is 0 Å². The van der Waals surface area contributed by atoms with Crippen molar-refractivity contribution in [1.82, 2.24) is 9.80 Å². The number of hydrogen-bond acceptors (Lipinski definition) is 5. The van der Waals surface area contributed by atoms with Crippen LogP contribution in [-0.2, 0) is 6.54 Å². The van der Waals surface area contributed by atoms with E-state index in [4.69, 9.17) is 0 Å². The fraction of sp³-hybridized carbons (Fsp3) is 0.278. The van der Waals surface area contributed by atoms with Gasteiger partial charge in [0.1, 0.15) is 17.0 Å². The molecule has 0 aliphatic carbocycles. The van der Waals surface area contributed by atoms with Gasteiger partial charge < -0.3 is 9.80 Å². The van der Waals surface area contributed by atoms with Crippen molar-refractivity contribution in [2.45, 2.75) is 6.54 Å². The van der Waals surface area contributed by atoms with Crippen molar-refractivity contribution in [3.05, 3.63) is 58.4 Å². The normalized spacial score (nSPS) is 25.5. The highest BCUT2D eigenvalue weighted by atomic mass is 32.2. The molecule has 1 aromatic carbocycles. The molecule has 8 heteroatoms. The van der Waals surface area contributed by atoms with Gasteiger partial charge in [0.15, 0.2) is 6.20 Å². The third kappa shape index (κ3) is 2.85. The predicted molar refractivity (Wildman–Crippen MR) is 101 cm³/mol. The standard InChI is InChI=1S/C18H19FN5OS/c1-22-8-10-26-15-11-20-24(19)9-7-16(21-17(15)24)23(2)12-13-5-3-4-6-14(13)18(22)25/h3-7,9,11H,8,10,12H2,1-2H3/q+1. The molecule has 0 spiro atoms. The van der Waals surface area contributed by atoms with Crippen molar-refractivity contribution in [3.63, 3.8) is 0 Å². The molecule has 1 atom stereocenters. The third-order valence-electron chi connectivity index (χ3n) is 4.58. The number of allylic oxidation sites excluding steroid dienone is 1. The summed E-state index contributed by atoms with van der Waals surface area (Å²) in [6.45, 7) is 1.05. The number of aliphatic imine (C=N–C) groups is 1. The van der Waals surface area contributed by atoms with E-state index in [2.05, 4.69) is 10.1 Å². The number of amides is 1. The maximum absolute atomic E-state index is 14.9. The molecule has 0 N–H and O–H groups in total. The summed E-state index contributed by atoms with van der Waals surface area (Å²) in [5.41, 5.74) is 1.60. The van der Waals surface area contributed by atoms with Crippen LogP contribution < -0.4 is 0 Å². The van der Waals surface area contributed by atoms with Crippen LogP contribution in [0.5, 0.6) is 0 Å². The van der Waals surface area contributed by atoms with Crippen LogP contribution in [0.25, 0.3) is 0 Å². The van der Waals surface area contributed by atoms with E-state index in [1.54, 1.807) is 18.0 Å². The molecule has 1 unspecified atom stereocenters. The Morgan fingerprint density at radius 2 is 2.04 bits per heavy atom. The summed E-state index contributed by atoms with van der Waals surface area (Å²) in [6, 6.07) is 7.58. The van der Waals surface area contributed by atoms with Gasteiger partial charge in [0, 0.05) is 49.1 Å².